The summed E-state index contributed by atoms with van der Waals surface area (Å²) >= 11 is 0. The number of likely N-dealkylation sites (N-methyl/N-ethyl adjacent to an activating group) is 1. The van der Waals surface area contributed by atoms with Crippen molar-refractivity contribution in [1.29, 1.82) is 0 Å². The Balaban J connectivity index is 2.25. The third-order valence-electron chi connectivity index (χ3n) is 3.52. The fourth-order valence-electron chi connectivity index (χ4n) is 2.52. The van der Waals surface area contributed by atoms with Crippen LogP contribution in [0.1, 0.15) is 23.7 Å². The minimum Gasteiger partial charge on any atom is -0.508 e. The molecule has 1 aliphatic heterocycles. The molecule has 1 unspecified atom stereocenters. The van der Waals surface area contributed by atoms with Crippen molar-refractivity contribution in [2.75, 3.05) is 26.7 Å². The number of aromatic hydroxyl groups is 2. The molecule has 1 fully saturated rings. The molecule has 0 bridgehead atoms. The summed E-state index contributed by atoms with van der Waals surface area (Å²) in [6.07, 6.45) is 0.909. The second-order valence-electron chi connectivity index (χ2n) is 5.16. The predicted molar refractivity (Wildman–Crippen MR) is 72.4 cm³/mol. The topological polar surface area (TPSA) is 64.0 Å². The molecule has 1 heterocycles. The van der Waals surface area contributed by atoms with E-state index in [4.69, 9.17) is 0 Å². The molecule has 1 aliphatic rings. The number of hydrogen-bond donors (Lipinski definition) is 2. The van der Waals surface area contributed by atoms with Crippen LogP contribution in [0.3, 0.4) is 0 Å². The lowest BCUT2D eigenvalue weighted by atomic mass is 10.1. The van der Waals surface area contributed by atoms with E-state index >= 15 is 0 Å². The summed E-state index contributed by atoms with van der Waals surface area (Å²) in [5, 5.41) is 19.2. The first-order valence-corrected chi connectivity index (χ1v) is 6.50. The van der Waals surface area contributed by atoms with Gasteiger partial charge >= 0.3 is 0 Å². The average Bonchev–Trinajstić information content (AvgIpc) is 2.52. The summed E-state index contributed by atoms with van der Waals surface area (Å²) in [5.74, 6) is -0.329. The van der Waals surface area contributed by atoms with Crippen LogP contribution >= 0.6 is 0 Å². The molecule has 5 nitrogen and oxygen atoms in total. The van der Waals surface area contributed by atoms with Crippen molar-refractivity contribution in [3.63, 3.8) is 0 Å². The maximum Gasteiger partial charge on any atom is 0.258 e. The number of nitrogens with zero attached hydrogens (tertiary/aromatic N) is 2. The number of carbonyl (C=O) groups is 1. The molecule has 0 aliphatic carbocycles. The summed E-state index contributed by atoms with van der Waals surface area (Å²) in [6, 6.07) is 4.11. The molecule has 0 saturated carbocycles. The van der Waals surface area contributed by atoms with E-state index in [1.54, 1.807) is 4.90 Å². The maximum atomic E-state index is 12.5. The van der Waals surface area contributed by atoms with Crippen LogP contribution in [0.25, 0.3) is 0 Å². The summed E-state index contributed by atoms with van der Waals surface area (Å²) in [5.41, 5.74) is 0.163. The summed E-state index contributed by atoms with van der Waals surface area (Å²) in [4.78, 5) is 16.4. The number of phenols is 2. The van der Waals surface area contributed by atoms with Crippen LogP contribution in [0.15, 0.2) is 18.2 Å². The van der Waals surface area contributed by atoms with Gasteiger partial charge in [0.25, 0.3) is 5.91 Å². The second kappa shape index (κ2) is 5.48. The second-order valence-corrected chi connectivity index (χ2v) is 5.16. The number of carbonyl (C=O) groups excluding carboxylic acids is 1. The molecule has 104 valence electrons. The van der Waals surface area contributed by atoms with Gasteiger partial charge in [-0.15, -0.1) is 0 Å². The van der Waals surface area contributed by atoms with Crippen molar-refractivity contribution in [3.8, 4) is 11.5 Å². The Morgan fingerprint density at radius 1 is 1.32 bits per heavy atom. The third kappa shape index (κ3) is 2.98. The van der Waals surface area contributed by atoms with E-state index in [1.165, 1.54) is 18.2 Å². The SMILES string of the molecule is CC1CN(C)CCCN1C(=O)c1cc(O)ccc1O. The molecule has 1 aromatic rings. The van der Waals surface area contributed by atoms with Crippen molar-refractivity contribution < 1.29 is 15.0 Å². The smallest absolute Gasteiger partial charge is 0.258 e. The van der Waals surface area contributed by atoms with Crippen molar-refractivity contribution in [1.82, 2.24) is 9.80 Å². The van der Waals surface area contributed by atoms with Crippen LogP contribution in [0.4, 0.5) is 0 Å². The molecule has 0 spiro atoms. The Morgan fingerprint density at radius 3 is 2.79 bits per heavy atom. The first kappa shape index (κ1) is 13.7. The van der Waals surface area contributed by atoms with E-state index in [2.05, 4.69) is 4.90 Å². The van der Waals surface area contributed by atoms with Crippen molar-refractivity contribution in [2.45, 2.75) is 19.4 Å². The number of phenolic OH excluding ortho intramolecular Hbond substituents is 2. The predicted octanol–water partition coefficient (Wildman–Crippen LogP) is 1.26. The van der Waals surface area contributed by atoms with Crippen molar-refractivity contribution in [3.05, 3.63) is 23.8 Å². The highest BCUT2D eigenvalue weighted by Crippen LogP contribution is 2.25. The Kier molecular flexibility index (Phi) is 3.95. The van der Waals surface area contributed by atoms with Crippen LogP contribution in [-0.2, 0) is 0 Å². The highest BCUT2D eigenvalue weighted by Gasteiger charge is 2.26. The van der Waals surface area contributed by atoms with Crippen LogP contribution in [0, 0.1) is 0 Å². The number of hydrogen-bond acceptors (Lipinski definition) is 4. The monoisotopic (exact) mass is 264 g/mol. The molecule has 0 radical (unpaired) electrons. The lowest BCUT2D eigenvalue weighted by Crippen LogP contribution is -2.42. The molecule has 1 aromatic carbocycles. The van der Waals surface area contributed by atoms with Gasteiger partial charge in [0.2, 0.25) is 0 Å². The summed E-state index contributed by atoms with van der Waals surface area (Å²) in [7, 11) is 2.04. The van der Waals surface area contributed by atoms with Gasteiger partial charge in [0, 0.05) is 19.1 Å². The number of rotatable bonds is 1. The van der Waals surface area contributed by atoms with Gasteiger partial charge < -0.3 is 20.0 Å². The summed E-state index contributed by atoms with van der Waals surface area (Å²) in [6.45, 7) is 4.43. The molecular weight excluding hydrogens is 244 g/mol. The van der Waals surface area contributed by atoms with Gasteiger partial charge in [-0.25, -0.2) is 0 Å². The van der Waals surface area contributed by atoms with Gasteiger partial charge in [0.15, 0.2) is 0 Å². The van der Waals surface area contributed by atoms with E-state index in [1.807, 2.05) is 14.0 Å². The van der Waals surface area contributed by atoms with Crippen LogP contribution in [0.5, 0.6) is 11.5 Å². The zero-order valence-electron chi connectivity index (χ0n) is 11.3. The van der Waals surface area contributed by atoms with E-state index in [-0.39, 0.29) is 29.0 Å². The van der Waals surface area contributed by atoms with E-state index in [0.717, 1.165) is 19.5 Å². The van der Waals surface area contributed by atoms with Crippen LogP contribution in [0.2, 0.25) is 0 Å². The number of amides is 1. The van der Waals surface area contributed by atoms with Gasteiger partial charge in [-0.05, 0) is 45.1 Å². The van der Waals surface area contributed by atoms with Gasteiger partial charge in [0.05, 0.1) is 5.56 Å². The van der Waals surface area contributed by atoms with E-state index < -0.39 is 0 Å². The Hall–Kier alpha value is -1.75. The Morgan fingerprint density at radius 2 is 2.05 bits per heavy atom. The first-order valence-electron chi connectivity index (χ1n) is 6.50. The molecule has 2 rings (SSSR count). The van der Waals surface area contributed by atoms with Gasteiger partial charge in [0.1, 0.15) is 11.5 Å². The minimum atomic E-state index is -0.226. The first-order chi connectivity index (χ1) is 8.99. The average molecular weight is 264 g/mol. The third-order valence-corrected chi connectivity index (χ3v) is 3.52. The summed E-state index contributed by atoms with van der Waals surface area (Å²) < 4.78 is 0. The zero-order valence-corrected chi connectivity index (χ0v) is 11.3. The molecule has 2 N–H and O–H groups in total. The van der Waals surface area contributed by atoms with Crippen LogP contribution < -0.4 is 0 Å². The minimum absolute atomic E-state index is 0.0132. The lowest BCUT2D eigenvalue weighted by Gasteiger charge is -2.28. The van der Waals surface area contributed by atoms with Crippen LogP contribution in [-0.4, -0.2) is 58.6 Å². The number of benzene rings is 1. The lowest BCUT2D eigenvalue weighted by molar-refractivity contribution is 0.0693. The molecule has 1 atom stereocenters. The molecule has 0 aromatic heterocycles. The standard InChI is InChI=1S/C14H20N2O3/c1-10-9-15(2)6-3-7-16(10)14(19)12-8-11(17)4-5-13(12)18/h4-5,8,10,17-18H,3,6-7,9H2,1-2H3. The largest absolute Gasteiger partial charge is 0.508 e. The van der Waals surface area contributed by atoms with Gasteiger partial charge in [-0.3, -0.25) is 4.79 Å². The van der Waals surface area contributed by atoms with Crippen molar-refractivity contribution in [2.24, 2.45) is 0 Å². The quantitative estimate of drug-likeness (QED) is 0.750. The van der Waals surface area contributed by atoms with Gasteiger partial charge in [-0.2, -0.15) is 0 Å². The van der Waals surface area contributed by atoms with Gasteiger partial charge in [-0.1, -0.05) is 0 Å². The van der Waals surface area contributed by atoms with E-state index in [9.17, 15) is 15.0 Å². The van der Waals surface area contributed by atoms with Crippen molar-refractivity contribution >= 4 is 5.91 Å². The molecule has 5 heteroatoms. The fraction of sp³-hybridized carbons (Fsp3) is 0.500. The fourth-order valence-corrected chi connectivity index (χ4v) is 2.52. The highest BCUT2D eigenvalue weighted by atomic mass is 16.3. The zero-order chi connectivity index (χ0) is 14.0. The highest BCUT2D eigenvalue weighted by molar-refractivity contribution is 5.97. The molecule has 1 amide bonds. The maximum absolute atomic E-state index is 12.5. The van der Waals surface area contributed by atoms with E-state index in [0.29, 0.717) is 6.54 Å². The molecular formula is C14H20N2O3. The Bertz CT molecular complexity index is 476. The Labute approximate surface area is 113 Å². The molecule has 1 saturated heterocycles. The molecule has 19 heavy (non-hydrogen) atoms. The normalized spacial score (nSPS) is 21.2.